The number of halogens is 4. The predicted octanol–water partition coefficient (Wildman–Crippen LogP) is 3.87. The van der Waals surface area contributed by atoms with Crippen molar-refractivity contribution in [1.82, 2.24) is 9.97 Å². The van der Waals surface area contributed by atoms with E-state index < -0.39 is 22.4 Å². The molecule has 0 fully saturated rings. The van der Waals surface area contributed by atoms with E-state index in [0.29, 0.717) is 0 Å². The van der Waals surface area contributed by atoms with Gasteiger partial charge in [-0.2, -0.15) is 13.2 Å². The van der Waals surface area contributed by atoms with Crippen LogP contribution in [0.4, 0.5) is 36.2 Å². The SMILES string of the molecule is CN(C)c1ncnc(Nc2cc(C(F)(F)F)ccc2Cl)c1[N+](=O)[O-]. The van der Waals surface area contributed by atoms with Crippen molar-refractivity contribution in [1.29, 1.82) is 0 Å². The van der Waals surface area contributed by atoms with E-state index in [9.17, 15) is 23.3 Å². The quantitative estimate of drug-likeness (QED) is 0.657. The lowest BCUT2D eigenvalue weighted by Crippen LogP contribution is -2.15. The van der Waals surface area contributed by atoms with Crippen LogP contribution < -0.4 is 10.2 Å². The van der Waals surface area contributed by atoms with Crippen LogP contribution in [0.2, 0.25) is 5.02 Å². The van der Waals surface area contributed by atoms with Gasteiger partial charge in [0.25, 0.3) is 0 Å². The minimum absolute atomic E-state index is 0.000554. The molecular weight excluding hydrogens is 351 g/mol. The van der Waals surface area contributed by atoms with E-state index in [1.807, 2.05) is 0 Å². The third-order valence-corrected chi connectivity index (χ3v) is 3.29. The van der Waals surface area contributed by atoms with E-state index in [-0.39, 0.29) is 22.3 Å². The van der Waals surface area contributed by atoms with Gasteiger partial charge in [0.15, 0.2) is 0 Å². The zero-order valence-electron chi connectivity index (χ0n) is 12.4. The fourth-order valence-corrected chi connectivity index (χ4v) is 2.05. The lowest BCUT2D eigenvalue weighted by Gasteiger charge is -2.15. The number of nitrogens with zero attached hydrogens (tertiary/aromatic N) is 4. The van der Waals surface area contributed by atoms with Crippen molar-refractivity contribution in [2.45, 2.75) is 6.18 Å². The first-order valence-corrected chi connectivity index (χ1v) is 6.79. The molecule has 0 saturated heterocycles. The van der Waals surface area contributed by atoms with Crippen LogP contribution in [0.15, 0.2) is 24.5 Å². The summed E-state index contributed by atoms with van der Waals surface area (Å²) >= 11 is 5.88. The van der Waals surface area contributed by atoms with Gasteiger partial charge in [-0.1, -0.05) is 11.6 Å². The van der Waals surface area contributed by atoms with Gasteiger partial charge in [0.1, 0.15) is 6.33 Å². The van der Waals surface area contributed by atoms with E-state index in [4.69, 9.17) is 11.6 Å². The van der Waals surface area contributed by atoms with Crippen LogP contribution in [0.25, 0.3) is 0 Å². The Hall–Kier alpha value is -2.62. The molecule has 1 N–H and O–H groups in total. The van der Waals surface area contributed by atoms with E-state index in [1.165, 1.54) is 19.0 Å². The van der Waals surface area contributed by atoms with Crippen molar-refractivity contribution < 1.29 is 18.1 Å². The summed E-state index contributed by atoms with van der Waals surface area (Å²) in [6.45, 7) is 0. The molecule has 0 aliphatic carbocycles. The number of benzene rings is 1. The summed E-state index contributed by atoms with van der Waals surface area (Å²) in [4.78, 5) is 19.5. The molecular formula is C13H11ClF3N5O2. The molecule has 0 amide bonds. The van der Waals surface area contributed by atoms with Gasteiger partial charge in [-0.05, 0) is 18.2 Å². The summed E-state index contributed by atoms with van der Waals surface area (Å²) in [7, 11) is 3.08. The topological polar surface area (TPSA) is 84.2 Å². The third kappa shape index (κ3) is 3.65. The molecule has 0 unspecified atom stereocenters. The molecule has 0 radical (unpaired) electrons. The highest BCUT2D eigenvalue weighted by atomic mass is 35.5. The van der Waals surface area contributed by atoms with Crippen molar-refractivity contribution >= 4 is 34.6 Å². The Kier molecular flexibility index (Phi) is 4.78. The molecule has 11 heteroatoms. The minimum atomic E-state index is -4.58. The standard InChI is InChI=1S/C13H11ClF3N5O2/c1-21(2)12-10(22(23)24)11(18-6-19-12)20-9-5-7(13(15,16)17)3-4-8(9)14/h3-6H,1-2H3,(H,18,19,20). The Bertz CT molecular complexity index is 783. The smallest absolute Gasteiger partial charge is 0.357 e. The number of rotatable bonds is 4. The second-order valence-corrected chi connectivity index (χ2v) is 5.27. The number of hydrogen-bond acceptors (Lipinski definition) is 6. The largest absolute Gasteiger partial charge is 0.416 e. The molecule has 2 rings (SSSR count). The van der Waals surface area contributed by atoms with E-state index in [2.05, 4.69) is 15.3 Å². The van der Waals surface area contributed by atoms with Crippen molar-refractivity contribution in [2.75, 3.05) is 24.3 Å². The second kappa shape index (κ2) is 6.48. The summed E-state index contributed by atoms with van der Waals surface area (Å²) in [5, 5.41) is 13.7. The maximum Gasteiger partial charge on any atom is 0.416 e. The van der Waals surface area contributed by atoms with Crippen molar-refractivity contribution in [3.8, 4) is 0 Å². The molecule has 0 spiro atoms. The molecule has 1 aromatic carbocycles. The molecule has 2 aromatic rings. The number of alkyl halides is 3. The van der Waals surface area contributed by atoms with E-state index >= 15 is 0 Å². The van der Waals surface area contributed by atoms with Crippen LogP contribution in [0.5, 0.6) is 0 Å². The molecule has 0 aliphatic rings. The molecule has 0 atom stereocenters. The molecule has 24 heavy (non-hydrogen) atoms. The first-order valence-electron chi connectivity index (χ1n) is 6.41. The molecule has 7 nitrogen and oxygen atoms in total. The van der Waals surface area contributed by atoms with Crippen LogP contribution in [0.1, 0.15) is 5.56 Å². The fourth-order valence-electron chi connectivity index (χ4n) is 1.88. The van der Waals surface area contributed by atoms with Crippen LogP contribution in [0, 0.1) is 10.1 Å². The van der Waals surface area contributed by atoms with Crippen LogP contribution in [-0.4, -0.2) is 29.0 Å². The summed E-state index contributed by atoms with van der Waals surface area (Å²) < 4.78 is 38.4. The first-order chi connectivity index (χ1) is 11.1. The lowest BCUT2D eigenvalue weighted by molar-refractivity contribution is -0.383. The summed E-state index contributed by atoms with van der Waals surface area (Å²) in [6, 6.07) is 2.61. The average Bonchev–Trinajstić information content (AvgIpc) is 2.47. The third-order valence-electron chi connectivity index (χ3n) is 2.96. The Morgan fingerprint density at radius 2 is 1.96 bits per heavy atom. The Balaban J connectivity index is 2.53. The summed E-state index contributed by atoms with van der Waals surface area (Å²) in [6.07, 6.45) is -3.51. The lowest BCUT2D eigenvalue weighted by atomic mass is 10.2. The molecule has 0 saturated carbocycles. The van der Waals surface area contributed by atoms with Gasteiger partial charge in [0.2, 0.25) is 11.6 Å². The number of nitro groups is 1. The number of anilines is 3. The van der Waals surface area contributed by atoms with Gasteiger partial charge < -0.3 is 10.2 Å². The highest BCUT2D eigenvalue weighted by Crippen LogP contribution is 2.37. The van der Waals surface area contributed by atoms with Crippen LogP contribution in [0.3, 0.4) is 0 Å². The molecule has 1 aromatic heterocycles. The average molecular weight is 362 g/mol. The van der Waals surface area contributed by atoms with Gasteiger partial charge in [-0.15, -0.1) is 0 Å². The summed E-state index contributed by atoms with van der Waals surface area (Å²) in [5.74, 6) is -0.263. The highest BCUT2D eigenvalue weighted by Gasteiger charge is 2.31. The highest BCUT2D eigenvalue weighted by molar-refractivity contribution is 6.33. The molecule has 0 aliphatic heterocycles. The van der Waals surface area contributed by atoms with E-state index in [0.717, 1.165) is 24.5 Å². The van der Waals surface area contributed by atoms with Crippen molar-refractivity contribution in [3.05, 3.63) is 45.2 Å². The zero-order chi connectivity index (χ0) is 18.1. The monoisotopic (exact) mass is 361 g/mol. The van der Waals surface area contributed by atoms with Gasteiger partial charge >= 0.3 is 11.9 Å². The van der Waals surface area contributed by atoms with Crippen LogP contribution in [-0.2, 0) is 6.18 Å². The first kappa shape index (κ1) is 17.7. The number of aromatic nitrogens is 2. The van der Waals surface area contributed by atoms with Crippen molar-refractivity contribution in [2.24, 2.45) is 0 Å². The Morgan fingerprint density at radius 3 is 2.50 bits per heavy atom. The fraction of sp³-hybridized carbons (Fsp3) is 0.231. The maximum atomic E-state index is 12.8. The minimum Gasteiger partial charge on any atom is -0.357 e. The molecule has 128 valence electrons. The van der Waals surface area contributed by atoms with Gasteiger partial charge in [0, 0.05) is 14.1 Å². The molecule has 1 heterocycles. The number of hydrogen-bond donors (Lipinski definition) is 1. The van der Waals surface area contributed by atoms with Crippen molar-refractivity contribution in [3.63, 3.8) is 0 Å². The van der Waals surface area contributed by atoms with Crippen LogP contribution >= 0.6 is 11.6 Å². The Labute approximate surface area is 139 Å². The molecule has 0 bridgehead atoms. The maximum absolute atomic E-state index is 12.8. The number of nitrogens with one attached hydrogen (secondary N) is 1. The summed E-state index contributed by atoms with van der Waals surface area (Å²) in [5.41, 5.74) is -1.58. The zero-order valence-corrected chi connectivity index (χ0v) is 13.2. The van der Waals surface area contributed by atoms with Gasteiger partial charge in [-0.25, -0.2) is 9.97 Å². The van der Waals surface area contributed by atoms with Gasteiger partial charge in [-0.3, -0.25) is 10.1 Å². The second-order valence-electron chi connectivity index (χ2n) is 4.86. The normalized spacial score (nSPS) is 11.2. The Morgan fingerprint density at radius 1 is 1.29 bits per heavy atom. The van der Waals surface area contributed by atoms with E-state index in [1.54, 1.807) is 0 Å². The predicted molar refractivity (Wildman–Crippen MR) is 82.8 cm³/mol. The van der Waals surface area contributed by atoms with Gasteiger partial charge in [0.05, 0.1) is 21.2 Å².